The predicted octanol–water partition coefficient (Wildman–Crippen LogP) is 1.54. The first-order chi connectivity index (χ1) is 6.36. The summed E-state index contributed by atoms with van der Waals surface area (Å²) >= 11 is 0. The van der Waals surface area contributed by atoms with Crippen molar-refractivity contribution in [1.29, 1.82) is 0 Å². The molecule has 0 unspecified atom stereocenters. The Labute approximate surface area is 78.9 Å². The van der Waals surface area contributed by atoms with Crippen LogP contribution in [-0.4, -0.2) is 12.8 Å². The number of aromatic nitrogens is 1. The van der Waals surface area contributed by atoms with E-state index >= 15 is 0 Å². The number of nitrogens with zero attached hydrogens (tertiary/aromatic N) is 1. The van der Waals surface area contributed by atoms with Crippen molar-refractivity contribution >= 4 is 13.3 Å². The zero-order chi connectivity index (χ0) is 9.10. The third-order valence-electron chi connectivity index (χ3n) is 1.90. The first-order valence-electron chi connectivity index (χ1n) is 4.12. The van der Waals surface area contributed by atoms with Gasteiger partial charge in [0.15, 0.2) is 0 Å². The Morgan fingerprint density at radius 1 is 0.923 bits per heavy atom. The average Bonchev–Trinajstić information content (AvgIpc) is 2.19. The summed E-state index contributed by atoms with van der Waals surface area (Å²) in [7, 11) is 5.68. The van der Waals surface area contributed by atoms with Crippen molar-refractivity contribution in [2.75, 3.05) is 0 Å². The molecule has 0 spiro atoms. The zero-order valence-electron chi connectivity index (χ0n) is 7.14. The fraction of sp³-hybridized carbons (Fsp3) is 0. The lowest BCUT2D eigenvalue weighted by Gasteiger charge is -2.01. The third kappa shape index (κ3) is 1.78. The molecule has 60 valence electrons. The van der Waals surface area contributed by atoms with Gasteiger partial charge in [-0.15, -0.1) is 0 Å². The number of hydrogen-bond acceptors (Lipinski definition) is 1. The van der Waals surface area contributed by atoms with Gasteiger partial charge in [-0.05, 0) is 23.3 Å². The quantitative estimate of drug-likeness (QED) is 0.584. The van der Waals surface area contributed by atoms with Gasteiger partial charge in [-0.2, -0.15) is 0 Å². The van der Waals surface area contributed by atoms with Crippen molar-refractivity contribution in [3.05, 3.63) is 48.8 Å². The second kappa shape index (κ2) is 3.44. The van der Waals surface area contributed by atoms with E-state index in [2.05, 4.69) is 4.98 Å². The molecule has 0 saturated heterocycles. The first kappa shape index (κ1) is 8.05. The number of rotatable bonds is 1. The number of benzene rings is 1. The van der Waals surface area contributed by atoms with Crippen LogP contribution in [0.1, 0.15) is 0 Å². The van der Waals surface area contributed by atoms with Crippen LogP contribution in [0, 0.1) is 0 Å². The van der Waals surface area contributed by atoms with E-state index in [1.54, 1.807) is 12.4 Å². The van der Waals surface area contributed by atoms with Crippen LogP contribution in [0.25, 0.3) is 11.1 Å². The van der Waals surface area contributed by atoms with E-state index in [1.807, 2.05) is 36.4 Å². The van der Waals surface area contributed by atoms with Gasteiger partial charge in [0.25, 0.3) is 0 Å². The molecule has 0 aliphatic heterocycles. The Morgan fingerprint density at radius 3 is 2.38 bits per heavy atom. The van der Waals surface area contributed by atoms with Gasteiger partial charge in [-0.1, -0.05) is 29.7 Å². The highest BCUT2D eigenvalue weighted by Crippen LogP contribution is 2.15. The maximum absolute atomic E-state index is 5.68. The zero-order valence-corrected chi connectivity index (χ0v) is 7.14. The number of hydrogen-bond donors (Lipinski definition) is 0. The minimum Gasteiger partial charge on any atom is -0.265 e. The lowest BCUT2D eigenvalue weighted by molar-refractivity contribution is 1.33. The molecule has 0 aliphatic carbocycles. The molecule has 2 aromatic rings. The van der Waals surface area contributed by atoms with Crippen molar-refractivity contribution in [3.8, 4) is 11.1 Å². The first-order valence-corrected chi connectivity index (χ1v) is 4.12. The summed E-state index contributed by atoms with van der Waals surface area (Å²) in [6.07, 6.45) is 3.55. The van der Waals surface area contributed by atoms with Gasteiger partial charge in [0, 0.05) is 12.4 Å². The van der Waals surface area contributed by atoms with Crippen LogP contribution in [-0.2, 0) is 0 Å². The molecule has 0 bridgehead atoms. The molecular weight excluding hydrogens is 157 g/mol. The molecule has 0 fully saturated rings. The Balaban J connectivity index is 2.48. The van der Waals surface area contributed by atoms with Crippen molar-refractivity contribution in [1.82, 2.24) is 4.98 Å². The topological polar surface area (TPSA) is 12.9 Å². The van der Waals surface area contributed by atoms with E-state index in [1.165, 1.54) is 0 Å². The normalized spacial score (nSPS) is 9.85. The summed E-state index contributed by atoms with van der Waals surface area (Å²) in [5.41, 5.74) is 3.05. The predicted molar refractivity (Wildman–Crippen MR) is 55.1 cm³/mol. The largest absolute Gasteiger partial charge is 0.265 e. The summed E-state index contributed by atoms with van der Waals surface area (Å²) in [6, 6.07) is 11.8. The fourth-order valence-corrected chi connectivity index (χ4v) is 1.26. The van der Waals surface area contributed by atoms with Gasteiger partial charge >= 0.3 is 0 Å². The van der Waals surface area contributed by atoms with E-state index in [0.29, 0.717) is 0 Å². The van der Waals surface area contributed by atoms with E-state index in [4.69, 9.17) is 7.85 Å². The summed E-state index contributed by atoms with van der Waals surface area (Å²) in [5.74, 6) is 0. The van der Waals surface area contributed by atoms with Gasteiger partial charge in [-0.25, -0.2) is 0 Å². The molecule has 13 heavy (non-hydrogen) atoms. The lowest BCUT2D eigenvalue weighted by atomic mass is 9.93. The van der Waals surface area contributed by atoms with Gasteiger partial charge in [0.2, 0.25) is 0 Å². The van der Waals surface area contributed by atoms with Gasteiger partial charge < -0.3 is 0 Å². The molecular formula is C11H8BN. The molecule has 1 nitrogen and oxygen atoms in total. The molecule has 1 aromatic carbocycles. The summed E-state index contributed by atoms with van der Waals surface area (Å²) < 4.78 is 0. The Morgan fingerprint density at radius 2 is 1.69 bits per heavy atom. The molecule has 0 N–H and O–H groups in total. The smallest absolute Gasteiger partial charge is 0.113 e. The second-order valence-corrected chi connectivity index (χ2v) is 2.86. The molecule has 0 atom stereocenters. The molecule has 2 rings (SSSR count). The monoisotopic (exact) mass is 165 g/mol. The number of pyridine rings is 1. The van der Waals surface area contributed by atoms with Crippen LogP contribution >= 0.6 is 0 Å². The SMILES string of the molecule is [B]c1cccc(-c2ccncc2)c1. The van der Waals surface area contributed by atoms with E-state index in [9.17, 15) is 0 Å². The molecule has 0 aliphatic rings. The molecule has 2 heteroatoms. The summed E-state index contributed by atoms with van der Waals surface area (Å²) in [5, 5.41) is 0. The van der Waals surface area contributed by atoms with Crippen molar-refractivity contribution < 1.29 is 0 Å². The Kier molecular flexibility index (Phi) is 2.13. The van der Waals surface area contributed by atoms with Gasteiger partial charge in [0.05, 0.1) is 0 Å². The Hall–Kier alpha value is -1.57. The highest BCUT2D eigenvalue weighted by Gasteiger charge is 1.94. The maximum atomic E-state index is 5.68. The van der Waals surface area contributed by atoms with Crippen LogP contribution in [0.2, 0.25) is 0 Å². The van der Waals surface area contributed by atoms with Crippen molar-refractivity contribution in [3.63, 3.8) is 0 Å². The standard InChI is InChI=1S/C11H8BN/c12-11-3-1-2-10(8-11)9-4-6-13-7-5-9/h1-8H. The maximum Gasteiger partial charge on any atom is 0.113 e. The van der Waals surface area contributed by atoms with Crippen molar-refractivity contribution in [2.24, 2.45) is 0 Å². The van der Waals surface area contributed by atoms with Crippen LogP contribution in [0.15, 0.2) is 48.8 Å². The Bertz CT molecular complexity index is 398. The fourth-order valence-electron chi connectivity index (χ4n) is 1.26. The van der Waals surface area contributed by atoms with Gasteiger partial charge in [0.1, 0.15) is 7.85 Å². The summed E-state index contributed by atoms with van der Waals surface area (Å²) in [6.45, 7) is 0. The second-order valence-electron chi connectivity index (χ2n) is 2.86. The van der Waals surface area contributed by atoms with E-state index < -0.39 is 0 Å². The van der Waals surface area contributed by atoms with Crippen LogP contribution in [0.5, 0.6) is 0 Å². The molecule has 0 saturated carbocycles. The molecule has 0 amide bonds. The van der Waals surface area contributed by atoms with Crippen LogP contribution in [0.4, 0.5) is 0 Å². The van der Waals surface area contributed by atoms with Crippen molar-refractivity contribution in [2.45, 2.75) is 0 Å². The summed E-state index contributed by atoms with van der Waals surface area (Å²) in [4.78, 5) is 3.96. The van der Waals surface area contributed by atoms with Crippen LogP contribution in [0.3, 0.4) is 0 Å². The average molecular weight is 165 g/mol. The third-order valence-corrected chi connectivity index (χ3v) is 1.90. The van der Waals surface area contributed by atoms with E-state index in [0.717, 1.165) is 16.6 Å². The van der Waals surface area contributed by atoms with E-state index in [-0.39, 0.29) is 0 Å². The minimum atomic E-state index is 0.786. The highest BCUT2D eigenvalue weighted by molar-refractivity contribution is 6.32. The van der Waals surface area contributed by atoms with Crippen LogP contribution < -0.4 is 5.46 Å². The molecule has 2 radical (unpaired) electrons. The van der Waals surface area contributed by atoms with Gasteiger partial charge in [-0.3, -0.25) is 4.98 Å². The molecule has 1 heterocycles. The molecule has 1 aromatic heterocycles. The highest BCUT2D eigenvalue weighted by atomic mass is 14.6. The minimum absolute atomic E-state index is 0.786. The lowest BCUT2D eigenvalue weighted by Crippen LogP contribution is -2.00.